The average Bonchev–Trinajstić information content (AvgIpc) is 3.73. The number of nitrogens with two attached hydrogens (primary N) is 3. The van der Waals surface area contributed by atoms with E-state index in [2.05, 4.69) is 21.3 Å². The van der Waals surface area contributed by atoms with Crippen molar-refractivity contribution in [1.82, 2.24) is 21.3 Å². The number of nitrogens with one attached hydrogen (secondary N) is 4. The first-order valence-electron chi connectivity index (χ1n) is 29.1. The molecule has 0 spiro atoms. The van der Waals surface area contributed by atoms with E-state index in [-0.39, 0.29) is 92.5 Å². The van der Waals surface area contributed by atoms with Gasteiger partial charge in [-0.1, -0.05) is 66.2 Å². The Morgan fingerprint density at radius 2 is 1.31 bits per heavy atom. The molecular formula is C54H107AuN7O16S3. The van der Waals surface area contributed by atoms with Crippen LogP contribution in [0.15, 0.2) is 0 Å². The molecule has 1 aliphatic heterocycles. The molecule has 23 nitrogen and oxygen atoms in total. The van der Waals surface area contributed by atoms with Gasteiger partial charge >= 0.3 is 5.97 Å². The van der Waals surface area contributed by atoms with E-state index in [4.69, 9.17) is 50.7 Å². The topological polar surface area (TPSA) is 371 Å². The predicted molar refractivity (Wildman–Crippen MR) is 316 cm³/mol. The number of thioether (sulfide) groups is 3. The van der Waals surface area contributed by atoms with Crippen molar-refractivity contribution >= 4 is 59.0 Å². The SMILES string of the molecule is CCCOCC(OC(CN)OCC1OC(OCC(OC(CCC)CNCC(=O)O)C(O)CN)C(O)C(O)C1O)C(O)CNC(=O)C(CC)CC(CC(CCC)C(=O)NCCSC1CCCCCC1)C(=O)NCCSC.CSCCN.[Au]. The van der Waals surface area contributed by atoms with E-state index in [0.717, 1.165) is 24.5 Å². The van der Waals surface area contributed by atoms with Gasteiger partial charge in [0.05, 0.1) is 44.7 Å². The van der Waals surface area contributed by atoms with Crippen LogP contribution in [0.4, 0.5) is 0 Å². The fourth-order valence-corrected chi connectivity index (χ4v) is 10.9. The van der Waals surface area contributed by atoms with Crippen molar-refractivity contribution in [3.8, 4) is 0 Å². The molecule has 0 aromatic carbocycles. The molecule has 2 rings (SSSR count). The fraction of sp³-hybridized carbons (Fsp3) is 0.926. The number of hydrogen-bond acceptors (Lipinski definition) is 22. The number of aliphatic hydroxyl groups is 5. The third-order valence-electron chi connectivity index (χ3n) is 13.8. The van der Waals surface area contributed by atoms with Gasteiger partial charge in [-0.15, -0.1) is 0 Å². The van der Waals surface area contributed by atoms with Crippen LogP contribution in [0.5, 0.6) is 0 Å². The summed E-state index contributed by atoms with van der Waals surface area (Å²) >= 11 is 5.31. The summed E-state index contributed by atoms with van der Waals surface area (Å²) in [6.07, 6.45) is 1.18. The number of carbonyl (C=O) groups is 4. The Bertz CT molecular complexity index is 1600. The quantitative estimate of drug-likeness (QED) is 0.0176. The van der Waals surface area contributed by atoms with Gasteiger partial charge in [0.25, 0.3) is 0 Å². The van der Waals surface area contributed by atoms with Crippen LogP contribution in [0.25, 0.3) is 0 Å². The summed E-state index contributed by atoms with van der Waals surface area (Å²) < 4.78 is 35.5. The number of ether oxygens (including phenoxy) is 6. The maximum Gasteiger partial charge on any atom is 0.317 e. The number of hydrogen-bond donors (Lipinski definition) is 13. The van der Waals surface area contributed by atoms with Crippen molar-refractivity contribution in [2.45, 2.75) is 190 Å². The van der Waals surface area contributed by atoms with Gasteiger partial charge < -0.3 is 97.5 Å². The van der Waals surface area contributed by atoms with E-state index < -0.39 is 97.8 Å². The van der Waals surface area contributed by atoms with Gasteiger partial charge in [-0.25, -0.2) is 0 Å². The molecule has 1 radical (unpaired) electrons. The Kier molecular flexibility index (Phi) is 49.5. The number of aliphatic carboxylic acids is 1. The molecule has 2 fully saturated rings. The van der Waals surface area contributed by atoms with Crippen molar-refractivity contribution in [3.05, 3.63) is 0 Å². The van der Waals surface area contributed by atoms with Crippen LogP contribution in [-0.4, -0.2) is 236 Å². The van der Waals surface area contributed by atoms with Crippen molar-refractivity contribution in [2.24, 2.45) is 35.0 Å². The van der Waals surface area contributed by atoms with Gasteiger partial charge in [0.15, 0.2) is 12.6 Å². The Balaban J connectivity index is 0.0000102. The number of carbonyl (C=O) groups excluding carboxylic acids is 3. The van der Waals surface area contributed by atoms with Gasteiger partial charge in [0.1, 0.15) is 36.6 Å². The molecule has 1 aliphatic carbocycles. The summed E-state index contributed by atoms with van der Waals surface area (Å²) in [5.41, 5.74) is 16.9. The van der Waals surface area contributed by atoms with E-state index in [1.165, 1.54) is 38.5 Å². The van der Waals surface area contributed by atoms with Crippen LogP contribution in [0.2, 0.25) is 0 Å². The minimum atomic E-state index is -1.76. The molecular weight excluding hydrogens is 1300 g/mol. The van der Waals surface area contributed by atoms with Crippen molar-refractivity contribution in [1.29, 1.82) is 0 Å². The van der Waals surface area contributed by atoms with Crippen molar-refractivity contribution < 1.29 is 101 Å². The molecule has 3 amide bonds. The average molecular weight is 1400 g/mol. The minimum Gasteiger partial charge on any atom is -0.480 e. The summed E-state index contributed by atoms with van der Waals surface area (Å²) in [6.45, 7) is 8.05. The van der Waals surface area contributed by atoms with Crippen LogP contribution in [0.1, 0.15) is 118 Å². The monoisotopic (exact) mass is 1400 g/mol. The molecule has 0 bridgehead atoms. The van der Waals surface area contributed by atoms with Gasteiger partial charge in [-0.05, 0) is 63.9 Å². The summed E-state index contributed by atoms with van der Waals surface area (Å²) in [6, 6.07) is 0. The van der Waals surface area contributed by atoms with Crippen LogP contribution in [0.3, 0.4) is 0 Å². The first kappa shape index (κ1) is 80.1. The maximum absolute atomic E-state index is 13.9. The largest absolute Gasteiger partial charge is 0.480 e. The second-order valence-electron chi connectivity index (χ2n) is 20.4. The van der Waals surface area contributed by atoms with Gasteiger partial charge in [-0.2, -0.15) is 35.3 Å². The number of carboxylic acids is 1. The Morgan fingerprint density at radius 1 is 0.691 bits per heavy atom. The Morgan fingerprint density at radius 3 is 1.88 bits per heavy atom. The van der Waals surface area contributed by atoms with Crippen molar-refractivity contribution in [3.63, 3.8) is 0 Å². The first-order chi connectivity index (χ1) is 38.5. The van der Waals surface area contributed by atoms with E-state index >= 15 is 0 Å². The summed E-state index contributed by atoms with van der Waals surface area (Å²) in [5, 5.41) is 76.1. The third kappa shape index (κ3) is 34.9. The molecule has 27 heteroatoms. The number of aliphatic hydroxyl groups excluding tert-OH is 5. The van der Waals surface area contributed by atoms with Crippen LogP contribution < -0.4 is 38.5 Å². The van der Waals surface area contributed by atoms with Crippen LogP contribution in [0, 0.1) is 17.8 Å². The molecule has 0 aromatic heterocycles. The van der Waals surface area contributed by atoms with E-state index in [1.54, 1.807) is 23.5 Å². The number of carboxylic acid groups (broad SMARTS) is 1. The molecule has 14 unspecified atom stereocenters. The van der Waals surface area contributed by atoms with Gasteiger partial charge in [0, 0.05) is 115 Å². The molecule has 1 heterocycles. The first-order valence-corrected chi connectivity index (χ1v) is 32.9. The standard InChI is InChI=1S/C51H98N6O16S2.C3H9NS.Au/c1-6-14-34(49(66)56-19-22-75-37-16-12-10-11-13-17-37)24-35(50(67)55-18-21-74-5)23-33(9-4)48(65)57-28-39(59)40(30-68-20-8-3)72-44(26-53)69-32-42-45(62)46(63)47(64)51(73-42)70-31-41(38(58)25-52)71-36(15-7-2)27-54-29-43(60)61;1-5-3-2-4;/h33-42,44-47,51,54,58-59,62-64H,6-32,52-53H2,1-5H3,(H,55,67)(H,56,66)(H,57,65)(H,60,61);2-4H2,1H3;. The van der Waals surface area contributed by atoms with E-state index in [1.807, 2.05) is 52.0 Å². The molecule has 81 heavy (non-hydrogen) atoms. The second kappa shape index (κ2) is 50.1. The molecule has 0 aromatic rings. The summed E-state index contributed by atoms with van der Waals surface area (Å²) in [5.74, 6) is -0.722. The predicted octanol–water partition coefficient (Wildman–Crippen LogP) is 1.14. The van der Waals surface area contributed by atoms with Crippen LogP contribution in [-0.2, 0) is 70.0 Å². The zero-order valence-corrected chi connectivity index (χ0v) is 53.8. The zero-order chi connectivity index (χ0) is 59.7. The fourth-order valence-electron chi connectivity index (χ4n) is 9.18. The smallest absolute Gasteiger partial charge is 0.317 e. The number of amides is 3. The number of rotatable bonds is 45. The zero-order valence-electron chi connectivity index (χ0n) is 49.2. The molecule has 1 saturated heterocycles. The molecule has 2 aliphatic rings. The van der Waals surface area contributed by atoms with E-state index in [0.29, 0.717) is 69.2 Å². The summed E-state index contributed by atoms with van der Waals surface area (Å²) in [7, 11) is 0. The van der Waals surface area contributed by atoms with Gasteiger partial charge in [0.2, 0.25) is 17.7 Å². The molecule has 16 N–H and O–H groups in total. The van der Waals surface area contributed by atoms with Crippen LogP contribution >= 0.6 is 35.3 Å². The Hall–Kier alpha value is -0.930. The van der Waals surface area contributed by atoms with Gasteiger partial charge in [-0.3, -0.25) is 19.2 Å². The minimum absolute atomic E-state index is 0. The summed E-state index contributed by atoms with van der Waals surface area (Å²) in [4.78, 5) is 52.3. The molecule has 1 saturated carbocycles. The third-order valence-corrected chi connectivity index (χ3v) is 16.4. The molecule has 483 valence electrons. The maximum atomic E-state index is 13.9. The second-order valence-corrected chi connectivity index (χ2v) is 23.8. The normalized spacial score (nSPS) is 22.0. The molecule has 14 atom stereocenters. The Labute approximate surface area is 511 Å². The van der Waals surface area contributed by atoms with E-state index in [9.17, 15) is 44.7 Å². The van der Waals surface area contributed by atoms with Crippen molar-refractivity contribution in [2.75, 3.05) is 109 Å².